The van der Waals surface area contributed by atoms with Crippen LogP contribution >= 0.6 is 0 Å². The van der Waals surface area contributed by atoms with Gasteiger partial charge in [0, 0.05) is 24.2 Å². The summed E-state index contributed by atoms with van der Waals surface area (Å²) >= 11 is 0. The molecule has 1 aromatic carbocycles. The highest BCUT2D eigenvalue weighted by Gasteiger charge is 2.44. The number of methoxy groups -OCH3 is 1. The molecular formula is C23H32N2O2Si. The predicted octanol–water partition coefficient (Wildman–Crippen LogP) is 5.03. The lowest BCUT2D eigenvalue weighted by molar-refractivity contribution is -0.0382. The average Bonchev–Trinajstić information content (AvgIpc) is 2.70. The molecule has 3 fully saturated rings. The summed E-state index contributed by atoms with van der Waals surface area (Å²) in [6.07, 6.45) is 6.61. The van der Waals surface area contributed by atoms with Crippen LogP contribution in [0.2, 0.25) is 19.6 Å². The van der Waals surface area contributed by atoms with E-state index in [9.17, 15) is 0 Å². The summed E-state index contributed by atoms with van der Waals surface area (Å²) < 4.78 is 12.4. The smallest absolute Gasteiger partial charge is 0.184 e. The lowest BCUT2D eigenvalue weighted by Crippen LogP contribution is -2.56. The Morgan fingerprint density at radius 2 is 2.11 bits per heavy atom. The molecule has 5 rings (SSSR count). The van der Waals surface area contributed by atoms with E-state index in [2.05, 4.69) is 54.3 Å². The van der Waals surface area contributed by atoms with Crippen molar-refractivity contribution in [3.63, 3.8) is 0 Å². The number of rotatable bonds is 6. The Labute approximate surface area is 169 Å². The molecule has 0 radical (unpaired) electrons. The molecule has 0 saturated carbocycles. The SMILES string of the molecule is C=C[C@H]1CN2CC[C@H]1C[C@@H]2[C@H](O[Si](C)(C)C)c1ccnc2ccc(OC)cc12. The normalized spacial score (nSPS) is 28.3. The monoisotopic (exact) mass is 396 g/mol. The summed E-state index contributed by atoms with van der Waals surface area (Å²) in [5, 5.41) is 1.15. The highest BCUT2D eigenvalue weighted by Crippen LogP contribution is 2.44. The van der Waals surface area contributed by atoms with Gasteiger partial charge in [0.1, 0.15) is 5.75 Å². The van der Waals surface area contributed by atoms with Crippen LogP contribution < -0.4 is 4.74 Å². The Balaban J connectivity index is 1.78. The number of hydrogen-bond donors (Lipinski definition) is 0. The molecule has 0 spiro atoms. The Morgan fingerprint density at radius 1 is 1.29 bits per heavy atom. The summed E-state index contributed by atoms with van der Waals surface area (Å²) in [6.45, 7) is 13.2. The lowest BCUT2D eigenvalue weighted by Gasteiger charge is -2.52. The van der Waals surface area contributed by atoms with Crippen molar-refractivity contribution in [2.24, 2.45) is 11.8 Å². The average molecular weight is 397 g/mol. The number of aromatic nitrogens is 1. The number of fused-ring (bicyclic) bond motifs is 4. The van der Waals surface area contributed by atoms with Crippen LogP contribution in [0.5, 0.6) is 5.75 Å². The van der Waals surface area contributed by atoms with Gasteiger partial charge in [-0.3, -0.25) is 9.88 Å². The fourth-order valence-electron chi connectivity index (χ4n) is 4.94. The third-order valence-electron chi connectivity index (χ3n) is 6.27. The van der Waals surface area contributed by atoms with E-state index in [0.29, 0.717) is 12.0 Å². The van der Waals surface area contributed by atoms with Gasteiger partial charge in [0.25, 0.3) is 0 Å². The maximum Gasteiger partial charge on any atom is 0.184 e. The van der Waals surface area contributed by atoms with E-state index in [0.717, 1.165) is 35.7 Å². The molecule has 5 heteroatoms. The van der Waals surface area contributed by atoms with Crippen molar-refractivity contribution >= 4 is 19.2 Å². The Bertz CT molecular complexity index is 863. The molecule has 0 amide bonds. The molecule has 3 aliphatic rings. The van der Waals surface area contributed by atoms with Crippen LogP contribution in [0, 0.1) is 11.8 Å². The molecule has 2 bridgehead atoms. The Morgan fingerprint density at radius 3 is 2.75 bits per heavy atom. The second-order valence-electron chi connectivity index (χ2n) is 9.18. The van der Waals surface area contributed by atoms with Gasteiger partial charge >= 0.3 is 0 Å². The van der Waals surface area contributed by atoms with E-state index in [4.69, 9.17) is 9.16 Å². The molecule has 28 heavy (non-hydrogen) atoms. The zero-order valence-corrected chi connectivity index (χ0v) is 18.5. The third-order valence-corrected chi connectivity index (χ3v) is 7.23. The highest BCUT2D eigenvalue weighted by molar-refractivity contribution is 6.69. The summed E-state index contributed by atoms with van der Waals surface area (Å²) in [5.41, 5.74) is 2.25. The molecule has 1 aromatic heterocycles. The molecular weight excluding hydrogens is 364 g/mol. The number of benzene rings is 1. The van der Waals surface area contributed by atoms with Crippen LogP contribution in [0.1, 0.15) is 24.5 Å². The first-order valence-electron chi connectivity index (χ1n) is 10.4. The molecule has 1 unspecified atom stereocenters. The van der Waals surface area contributed by atoms with Gasteiger partial charge in [-0.2, -0.15) is 0 Å². The first-order valence-corrected chi connectivity index (χ1v) is 13.8. The van der Waals surface area contributed by atoms with Gasteiger partial charge in [0.15, 0.2) is 8.32 Å². The van der Waals surface area contributed by atoms with Crippen molar-refractivity contribution < 1.29 is 9.16 Å². The van der Waals surface area contributed by atoms with Gasteiger partial charge in [-0.25, -0.2) is 0 Å². The van der Waals surface area contributed by atoms with Crippen molar-refractivity contribution in [3.05, 3.63) is 48.7 Å². The minimum atomic E-state index is -1.75. The van der Waals surface area contributed by atoms with Gasteiger partial charge in [0.05, 0.1) is 18.7 Å². The van der Waals surface area contributed by atoms with Crippen LogP contribution in [0.25, 0.3) is 10.9 Å². The molecule has 150 valence electrons. The largest absolute Gasteiger partial charge is 0.497 e. The first-order chi connectivity index (χ1) is 13.4. The minimum Gasteiger partial charge on any atom is -0.497 e. The maximum absolute atomic E-state index is 6.87. The zero-order valence-electron chi connectivity index (χ0n) is 17.5. The van der Waals surface area contributed by atoms with Crippen LogP contribution in [0.15, 0.2) is 43.1 Å². The second kappa shape index (κ2) is 7.62. The molecule has 2 aromatic rings. The van der Waals surface area contributed by atoms with Gasteiger partial charge in [-0.05, 0) is 80.7 Å². The van der Waals surface area contributed by atoms with Gasteiger partial charge in [-0.1, -0.05) is 6.08 Å². The van der Waals surface area contributed by atoms with Crippen molar-refractivity contribution in [3.8, 4) is 5.75 Å². The molecule has 0 aliphatic carbocycles. The van der Waals surface area contributed by atoms with Crippen molar-refractivity contribution in [1.29, 1.82) is 0 Å². The second-order valence-corrected chi connectivity index (χ2v) is 13.6. The van der Waals surface area contributed by atoms with Crippen LogP contribution in [-0.2, 0) is 4.43 Å². The molecule has 4 nitrogen and oxygen atoms in total. The quantitative estimate of drug-likeness (QED) is 0.506. The van der Waals surface area contributed by atoms with Gasteiger partial charge in [-0.15, -0.1) is 6.58 Å². The van der Waals surface area contributed by atoms with Crippen molar-refractivity contribution in [2.75, 3.05) is 20.2 Å². The summed E-state index contributed by atoms with van der Waals surface area (Å²) in [4.78, 5) is 7.23. The van der Waals surface area contributed by atoms with Crippen LogP contribution in [0.4, 0.5) is 0 Å². The topological polar surface area (TPSA) is 34.6 Å². The Kier molecular flexibility index (Phi) is 5.34. The first kappa shape index (κ1) is 19.6. The van der Waals surface area contributed by atoms with Crippen LogP contribution in [-0.4, -0.2) is 44.4 Å². The molecule has 3 saturated heterocycles. The van der Waals surface area contributed by atoms with Gasteiger partial charge < -0.3 is 9.16 Å². The van der Waals surface area contributed by atoms with Gasteiger partial charge in [0.2, 0.25) is 0 Å². The molecule has 4 heterocycles. The van der Waals surface area contributed by atoms with E-state index in [-0.39, 0.29) is 6.10 Å². The van der Waals surface area contributed by atoms with E-state index >= 15 is 0 Å². The van der Waals surface area contributed by atoms with Crippen LogP contribution in [0.3, 0.4) is 0 Å². The van der Waals surface area contributed by atoms with E-state index < -0.39 is 8.32 Å². The molecule has 0 N–H and O–H groups in total. The standard InChI is InChI=1S/C23H32N2O2Si/c1-6-16-15-25-12-10-17(16)13-22(25)23(27-28(3,4)5)19-9-11-24-21-8-7-18(26-2)14-20(19)21/h6-9,11,14,16-17,22-23H,1,10,12-13,15H2,2-5H3/t16-,17-,22+,23+/m0/s1. The number of hydrogen-bond acceptors (Lipinski definition) is 4. The van der Waals surface area contributed by atoms with E-state index in [1.165, 1.54) is 18.4 Å². The number of pyridine rings is 1. The number of ether oxygens (including phenoxy) is 1. The lowest BCUT2D eigenvalue weighted by atomic mass is 9.73. The van der Waals surface area contributed by atoms with E-state index in [1.807, 2.05) is 18.3 Å². The molecule has 3 aliphatic heterocycles. The highest BCUT2D eigenvalue weighted by atomic mass is 28.4. The fourth-order valence-corrected chi connectivity index (χ4v) is 5.99. The number of piperidine rings is 3. The zero-order chi connectivity index (χ0) is 19.9. The third kappa shape index (κ3) is 3.75. The summed E-state index contributed by atoms with van der Waals surface area (Å²) in [6, 6.07) is 8.71. The van der Waals surface area contributed by atoms with Crippen molar-refractivity contribution in [1.82, 2.24) is 9.88 Å². The molecule has 5 atom stereocenters. The Hall–Kier alpha value is -1.69. The summed E-state index contributed by atoms with van der Waals surface area (Å²) in [5.74, 6) is 2.21. The van der Waals surface area contributed by atoms with E-state index in [1.54, 1.807) is 7.11 Å². The fraction of sp³-hybridized carbons (Fsp3) is 0.522. The minimum absolute atomic E-state index is 0.0674. The predicted molar refractivity (Wildman–Crippen MR) is 117 cm³/mol. The number of nitrogens with zero attached hydrogens (tertiary/aromatic N) is 2. The summed E-state index contributed by atoms with van der Waals surface area (Å²) in [7, 11) is -0.0309. The van der Waals surface area contributed by atoms with Crippen molar-refractivity contribution in [2.45, 2.75) is 44.6 Å². The maximum atomic E-state index is 6.87.